The second-order valence-corrected chi connectivity index (χ2v) is 9.33. The molecule has 0 aliphatic heterocycles. The fourth-order valence-electron chi connectivity index (χ4n) is 4.40. The molecule has 8 heteroatoms. The number of carbonyl (C=O) groups is 2. The Morgan fingerprint density at radius 3 is 2.27 bits per heavy atom. The maximum Gasteiger partial charge on any atom is 0.348 e. The predicted octanol–water partition coefficient (Wildman–Crippen LogP) is 4.13. The second-order valence-electron chi connectivity index (χ2n) is 8.33. The first kappa shape index (κ1) is 21.0. The zero-order valence-corrected chi connectivity index (χ0v) is 18.2. The van der Waals surface area contributed by atoms with Gasteiger partial charge in [-0.25, -0.2) is 9.78 Å². The number of hydrogen-bond donors (Lipinski definition) is 0. The van der Waals surface area contributed by atoms with Crippen LogP contribution in [0.1, 0.15) is 79.4 Å². The molecule has 0 aromatic carbocycles. The van der Waals surface area contributed by atoms with E-state index in [4.69, 9.17) is 9.47 Å². The minimum atomic E-state index is -0.421. The SMILES string of the molecule is Cc1c(C(=O)OC2CCCCC2)sc2ncn(CC(=O)OC3CCCCC3)c(=O)c12. The van der Waals surface area contributed by atoms with Crippen molar-refractivity contribution in [3.05, 3.63) is 27.1 Å². The van der Waals surface area contributed by atoms with Crippen molar-refractivity contribution in [2.24, 2.45) is 0 Å². The van der Waals surface area contributed by atoms with Gasteiger partial charge in [0.1, 0.15) is 28.5 Å². The Labute approximate surface area is 179 Å². The molecule has 2 saturated carbocycles. The number of fused-ring (bicyclic) bond motifs is 1. The van der Waals surface area contributed by atoms with E-state index in [2.05, 4.69) is 4.98 Å². The summed E-state index contributed by atoms with van der Waals surface area (Å²) in [5.74, 6) is -0.806. The number of carbonyl (C=O) groups excluding carboxylic acids is 2. The summed E-state index contributed by atoms with van der Waals surface area (Å²) in [4.78, 5) is 43.2. The van der Waals surface area contributed by atoms with Crippen molar-refractivity contribution in [2.75, 3.05) is 0 Å². The van der Waals surface area contributed by atoms with E-state index in [0.717, 1.165) is 51.4 Å². The van der Waals surface area contributed by atoms with Crippen LogP contribution in [-0.2, 0) is 20.8 Å². The summed E-state index contributed by atoms with van der Waals surface area (Å²) < 4.78 is 12.5. The molecule has 7 nitrogen and oxygen atoms in total. The van der Waals surface area contributed by atoms with Gasteiger partial charge in [0.15, 0.2) is 0 Å². The Kier molecular flexibility index (Phi) is 6.51. The van der Waals surface area contributed by atoms with Gasteiger partial charge in [-0.1, -0.05) is 12.8 Å². The van der Waals surface area contributed by atoms with Crippen LogP contribution in [0.5, 0.6) is 0 Å². The van der Waals surface area contributed by atoms with Crippen molar-refractivity contribution >= 4 is 33.5 Å². The molecule has 0 atom stereocenters. The van der Waals surface area contributed by atoms with Crippen LogP contribution in [0.15, 0.2) is 11.1 Å². The summed E-state index contributed by atoms with van der Waals surface area (Å²) in [6.45, 7) is 1.57. The summed E-state index contributed by atoms with van der Waals surface area (Å²) in [5, 5.41) is 0.378. The smallest absolute Gasteiger partial charge is 0.348 e. The van der Waals surface area contributed by atoms with Crippen molar-refractivity contribution < 1.29 is 19.1 Å². The molecular weight excluding hydrogens is 404 g/mol. The van der Waals surface area contributed by atoms with E-state index in [9.17, 15) is 14.4 Å². The van der Waals surface area contributed by atoms with Crippen LogP contribution in [0.3, 0.4) is 0 Å². The quantitative estimate of drug-likeness (QED) is 0.660. The minimum absolute atomic E-state index is 0.0463. The third-order valence-electron chi connectivity index (χ3n) is 6.08. The molecule has 4 rings (SSSR count). The minimum Gasteiger partial charge on any atom is -0.461 e. The number of esters is 2. The van der Waals surface area contributed by atoms with Crippen LogP contribution in [0.25, 0.3) is 10.2 Å². The van der Waals surface area contributed by atoms with Gasteiger partial charge in [-0.05, 0) is 63.9 Å². The van der Waals surface area contributed by atoms with Crippen molar-refractivity contribution in [1.82, 2.24) is 9.55 Å². The van der Waals surface area contributed by atoms with E-state index >= 15 is 0 Å². The Morgan fingerprint density at radius 1 is 1.03 bits per heavy atom. The molecular formula is C22H28N2O5S. The highest BCUT2D eigenvalue weighted by Gasteiger charge is 2.25. The third-order valence-corrected chi connectivity index (χ3v) is 7.26. The highest BCUT2D eigenvalue weighted by Crippen LogP contribution is 2.29. The number of thiophene rings is 1. The first-order chi connectivity index (χ1) is 14.5. The largest absolute Gasteiger partial charge is 0.461 e. The zero-order chi connectivity index (χ0) is 21.1. The van der Waals surface area contributed by atoms with Crippen LogP contribution in [0, 0.1) is 6.92 Å². The predicted molar refractivity (Wildman–Crippen MR) is 114 cm³/mol. The summed E-state index contributed by atoms with van der Waals surface area (Å²) in [7, 11) is 0. The monoisotopic (exact) mass is 432 g/mol. The standard InChI is InChI=1S/C22H28N2O5S/c1-14-18-20(30-19(14)22(27)29-16-10-6-3-7-11-16)23-13-24(21(18)26)12-17(25)28-15-8-4-2-5-9-15/h13,15-16H,2-12H2,1H3. The first-order valence-corrected chi connectivity index (χ1v) is 11.7. The Balaban J connectivity index is 1.50. The first-order valence-electron chi connectivity index (χ1n) is 10.9. The maximum atomic E-state index is 13.0. The summed E-state index contributed by atoms with van der Waals surface area (Å²) >= 11 is 1.18. The van der Waals surface area contributed by atoms with E-state index in [-0.39, 0.29) is 30.3 Å². The van der Waals surface area contributed by atoms with Gasteiger partial charge in [-0.3, -0.25) is 14.2 Å². The van der Waals surface area contributed by atoms with E-state index in [1.165, 1.54) is 35.1 Å². The topological polar surface area (TPSA) is 87.5 Å². The lowest BCUT2D eigenvalue weighted by Crippen LogP contribution is -2.29. The summed E-state index contributed by atoms with van der Waals surface area (Å²) in [6.07, 6.45) is 11.5. The lowest BCUT2D eigenvalue weighted by atomic mass is 9.98. The van der Waals surface area contributed by atoms with Gasteiger partial charge in [0.2, 0.25) is 0 Å². The van der Waals surface area contributed by atoms with Gasteiger partial charge in [-0.2, -0.15) is 0 Å². The van der Waals surface area contributed by atoms with E-state index < -0.39 is 5.97 Å². The molecule has 0 radical (unpaired) electrons. The molecule has 2 aliphatic carbocycles. The van der Waals surface area contributed by atoms with E-state index in [0.29, 0.717) is 20.7 Å². The van der Waals surface area contributed by atoms with Crippen LogP contribution in [0.4, 0.5) is 0 Å². The average Bonchev–Trinajstić information content (AvgIpc) is 3.09. The van der Waals surface area contributed by atoms with E-state index in [1.54, 1.807) is 6.92 Å². The molecule has 0 saturated heterocycles. The van der Waals surface area contributed by atoms with Crippen LogP contribution in [0.2, 0.25) is 0 Å². The number of hydrogen-bond acceptors (Lipinski definition) is 7. The molecule has 2 aromatic heterocycles. The fraction of sp³-hybridized carbons (Fsp3) is 0.636. The molecule has 2 fully saturated rings. The molecule has 30 heavy (non-hydrogen) atoms. The fourth-order valence-corrected chi connectivity index (χ4v) is 5.42. The van der Waals surface area contributed by atoms with Crippen molar-refractivity contribution in [1.29, 1.82) is 0 Å². The molecule has 0 unspecified atom stereocenters. The van der Waals surface area contributed by atoms with Crippen LogP contribution >= 0.6 is 11.3 Å². The number of nitrogens with zero attached hydrogens (tertiary/aromatic N) is 2. The molecule has 2 heterocycles. The lowest BCUT2D eigenvalue weighted by molar-refractivity contribution is -0.151. The van der Waals surface area contributed by atoms with Gasteiger partial charge < -0.3 is 9.47 Å². The highest BCUT2D eigenvalue weighted by atomic mass is 32.1. The lowest BCUT2D eigenvalue weighted by Gasteiger charge is -2.21. The van der Waals surface area contributed by atoms with Crippen molar-refractivity contribution in [3.8, 4) is 0 Å². The number of aryl methyl sites for hydroxylation is 1. The second kappa shape index (κ2) is 9.29. The molecule has 0 N–H and O–H groups in total. The Bertz CT molecular complexity index is 983. The molecule has 2 aromatic rings. The van der Waals surface area contributed by atoms with E-state index in [1.807, 2.05) is 0 Å². The zero-order valence-electron chi connectivity index (χ0n) is 17.4. The third kappa shape index (κ3) is 4.58. The summed E-state index contributed by atoms with van der Waals surface area (Å²) in [5.41, 5.74) is 0.245. The van der Waals surface area contributed by atoms with Gasteiger partial charge in [0.25, 0.3) is 5.56 Å². The van der Waals surface area contributed by atoms with Gasteiger partial charge in [-0.15, -0.1) is 11.3 Å². The molecule has 0 spiro atoms. The van der Waals surface area contributed by atoms with Crippen LogP contribution < -0.4 is 5.56 Å². The van der Waals surface area contributed by atoms with Crippen molar-refractivity contribution in [2.45, 2.75) is 89.9 Å². The number of ether oxygens (including phenoxy) is 2. The average molecular weight is 433 g/mol. The normalized spacial score (nSPS) is 18.4. The molecule has 162 valence electrons. The molecule has 2 aliphatic rings. The van der Waals surface area contributed by atoms with Gasteiger partial charge in [0.05, 0.1) is 11.7 Å². The van der Waals surface area contributed by atoms with Crippen LogP contribution in [-0.4, -0.2) is 33.7 Å². The summed E-state index contributed by atoms with van der Waals surface area (Å²) in [6, 6.07) is 0. The molecule has 0 amide bonds. The van der Waals surface area contributed by atoms with Gasteiger partial charge >= 0.3 is 11.9 Å². The maximum absolute atomic E-state index is 13.0. The Morgan fingerprint density at radius 2 is 1.63 bits per heavy atom. The number of aromatic nitrogens is 2. The highest BCUT2D eigenvalue weighted by molar-refractivity contribution is 7.20. The number of rotatable bonds is 5. The van der Waals surface area contributed by atoms with Gasteiger partial charge in [0, 0.05) is 0 Å². The Hall–Kier alpha value is -2.22. The van der Waals surface area contributed by atoms with Crippen molar-refractivity contribution in [3.63, 3.8) is 0 Å². The molecule has 0 bridgehead atoms.